The van der Waals surface area contributed by atoms with Gasteiger partial charge in [-0.05, 0) is 11.6 Å². The van der Waals surface area contributed by atoms with E-state index in [1.165, 1.54) is 18.3 Å². The second kappa shape index (κ2) is 6.28. The fourth-order valence-corrected chi connectivity index (χ4v) is 1.50. The average molecular weight is 273 g/mol. The van der Waals surface area contributed by atoms with Crippen molar-refractivity contribution < 1.29 is 14.5 Å². The van der Waals surface area contributed by atoms with Gasteiger partial charge in [0.05, 0.1) is 4.92 Å². The van der Waals surface area contributed by atoms with Gasteiger partial charge in [-0.15, -0.1) is 0 Å². The Hall–Kier alpha value is -2.96. The topological polar surface area (TPSA) is 94.4 Å². The van der Waals surface area contributed by atoms with Crippen molar-refractivity contribution in [1.82, 2.24) is 4.98 Å². The summed E-state index contributed by atoms with van der Waals surface area (Å²) >= 11 is 0. The molecule has 1 aromatic heterocycles. The van der Waals surface area contributed by atoms with Crippen LogP contribution in [0, 0.1) is 10.1 Å². The van der Waals surface area contributed by atoms with Crippen LogP contribution in [0.1, 0.15) is 5.56 Å². The van der Waals surface area contributed by atoms with E-state index in [-0.39, 0.29) is 18.1 Å². The predicted octanol–water partition coefficient (Wildman–Crippen LogP) is 2.74. The van der Waals surface area contributed by atoms with E-state index in [0.717, 1.165) is 5.56 Å². The van der Waals surface area contributed by atoms with E-state index < -0.39 is 11.0 Å². The molecule has 1 heterocycles. The summed E-state index contributed by atoms with van der Waals surface area (Å²) in [6.07, 6.45) is 0.551. The van der Waals surface area contributed by atoms with Gasteiger partial charge < -0.3 is 4.74 Å². The number of pyridine rings is 1. The Morgan fingerprint density at radius 3 is 2.70 bits per heavy atom. The summed E-state index contributed by atoms with van der Waals surface area (Å²) in [5.41, 5.74) is 0.530. The number of nitrogens with zero attached hydrogens (tertiary/aromatic N) is 2. The third-order valence-corrected chi connectivity index (χ3v) is 2.42. The van der Waals surface area contributed by atoms with Crippen molar-refractivity contribution >= 4 is 17.6 Å². The van der Waals surface area contributed by atoms with Crippen molar-refractivity contribution in [2.45, 2.75) is 6.61 Å². The summed E-state index contributed by atoms with van der Waals surface area (Å²) in [7, 11) is 0. The van der Waals surface area contributed by atoms with Gasteiger partial charge in [0.25, 0.3) is 0 Å². The maximum absolute atomic E-state index is 11.6. The van der Waals surface area contributed by atoms with Gasteiger partial charge in [-0.1, -0.05) is 30.3 Å². The highest BCUT2D eigenvalue weighted by molar-refractivity contribution is 5.86. The van der Waals surface area contributed by atoms with Crippen molar-refractivity contribution in [3.63, 3.8) is 0 Å². The third-order valence-electron chi connectivity index (χ3n) is 2.42. The van der Waals surface area contributed by atoms with E-state index in [1.807, 2.05) is 18.2 Å². The van der Waals surface area contributed by atoms with Crippen LogP contribution in [-0.2, 0) is 11.3 Å². The quantitative estimate of drug-likeness (QED) is 0.682. The fourth-order valence-electron chi connectivity index (χ4n) is 1.50. The van der Waals surface area contributed by atoms with Crippen molar-refractivity contribution in [3.8, 4) is 0 Å². The van der Waals surface area contributed by atoms with E-state index in [2.05, 4.69) is 10.3 Å². The highest BCUT2D eigenvalue weighted by Gasteiger charge is 2.16. The summed E-state index contributed by atoms with van der Waals surface area (Å²) < 4.78 is 4.95. The maximum Gasteiger partial charge on any atom is 0.413 e. The van der Waals surface area contributed by atoms with Crippen molar-refractivity contribution in [2.75, 3.05) is 5.32 Å². The van der Waals surface area contributed by atoms with Crippen LogP contribution in [-0.4, -0.2) is 16.0 Å². The number of anilines is 1. The number of benzene rings is 1. The molecule has 1 aromatic carbocycles. The molecule has 0 aliphatic heterocycles. The molecule has 0 fully saturated rings. The SMILES string of the molecule is O=C(Nc1ncccc1[N+](=O)[O-])OCc1ccccc1. The first-order valence-corrected chi connectivity index (χ1v) is 5.74. The number of ether oxygens (including phenoxy) is 1. The molecule has 0 saturated carbocycles. The van der Waals surface area contributed by atoms with Crippen LogP contribution < -0.4 is 5.32 Å². The number of rotatable bonds is 4. The normalized spacial score (nSPS) is 9.80. The molecular formula is C13H11N3O4. The average Bonchev–Trinajstić information content (AvgIpc) is 2.46. The summed E-state index contributed by atoms with van der Waals surface area (Å²) in [6, 6.07) is 11.8. The monoisotopic (exact) mass is 273 g/mol. The molecule has 102 valence electrons. The van der Waals surface area contributed by atoms with E-state index in [1.54, 1.807) is 12.1 Å². The Bertz CT molecular complexity index is 616. The molecule has 20 heavy (non-hydrogen) atoms. The number of hydrogen-bond donors (Lipinski definition) is 1. The minimum Gasteiger partial charge on any atom is -0.444 e. The van der Waals surface area contributed by atoms with Crippen LogP contribution in [0.4, 0.5) is 16.3 Å². The Kier molecular flexibility index (Phi) is 4.23. The van der Waals surface area contributed by atoms with Crippen LogP contribution >= 0.6 is 0 Å². The maximum atomic E-state index is 11.6. The minimum atomic E-state index is -0.796. The highest BCUT2D eigenvalue weighted by Crippen LogP contribution is 2.20. The van der Waals surface area contributed by atoms with Crippen LogP contribution in [0.3, 0.4) is 0 Å². The Balaban J connectivity index is 1.97. The van der Waals surface area contributed by atoms with Crippen LogP contribution in [0.5, 0.6) is 0 Å². The zero-order valence-corrected chi connectivity index (χ0v) is 10.4. The number of hydrogen-bond acceptors (Lipinski definition) is 5. The van der Waals surface area contributed by atoms with E-state index in [9.17, 15) is 14.9 Å². The van der Waals surface area contributed by atoms with E-state index in [0.29, 0.717) is 0 Å². The van der Waals surface area contributed by atoms with Crippen molar-refractivity contribution in [3.05, 3.63) is 64.3 Å². The highest BCUT2D eigenvalue weighted by atomic mass is 16.6. The molecule has 7 heteroatoms. The summed E-state index contributed by atoms with van der Waals surface area (Å²) in [5, 5.41) is 13.0. The van der Waals surface area contributed by atoms with E-state index >= 15 is 0 Å². The molecule has 1 amide bonds. The first-order valence-electron chi connectivity index (χ1n) is 5.74. The second-order valence-electron chi connectivity index (χ2n) is 3.81. The molecule has 0 saturated heterocycles. The van der Waals surface area contributed by atoms with Gasteiger partial charge in [0.2, 0.25) is 5.82 Å². The van der Waals surface area contributed by atoms with Crippen LogP contribution in [0.2, 0.25) is 0 Å². The molecule has 0 radical (unpaired) electrons. The lowest BCUT2D eigenvalue weighted by atomic mass is 10.2. The van der Waals surface area contributed by atoms with Gasteiger partial charge >= 0.3 is 11.8 Å². The number of nitro groups is 1. The standard InChI is InChI=1S/C13H11N3O4/c17-13(20-9-10-5-2-1-3-6-10)15-12-11(16(18)19)7-4-8-14-12/h1-8H,9H2,(H,14,15,17). The molecule has 1 N–H and O–H groups in total. The number of carbonyl (C=O) groups excluding carboxylic acids is 1. The minimum absolute atomic E-state index is 0.0767. The van der Waals surface area contributed by atoms with Crippen LogP contribution in [0.25, 0.3) is 0 Å². The third kappa shape index (κ3) is 3.52. The molecule has 2 rings (SSSR count). The molecule has 7 nitrogen and oxygen atoms in total. The van der Waals surface area contributed by atoms with Crippen LogP contribution in [0.15, 0.2) is 48.7 Å². The molecule has 0 atom stereocenters. The predicted molar refractivity (Wildman–Crippen MR) is 71.1 cm³/mol. The summed E-state index contributed by atoms with van der Waals surface area (Å²) in [6.45, 7) is 0.0767. The van der Waals surface area contributed by atoms with Gasteiger partial charge in [0.1, 0.15) is 6.61 Å². The molecule has 0 spiro atoms. The number of amides is 1. The van der Waals surface area contributed by atoms with Gasteiger partial charge in [-0.2, -0.15) is 0 Å². The zero-order valence-electron chi connectivity index (χ0n) is 10.4. The number of aromatic nitrogens is 1. The summed E-state index contributed by atoms with van der Waals surface area (Å²) in [4.78, 5) is 25.4. The largest absolute Gasteiger partial charge is 0.444 e. The molecule has 0 aliphatic rings. The molecule has 0 aliphatic carbocycles. The second-order valence-corrected chi connectivity index (χ2v) is 3.81. The first-order chi connectivity index (χ1) is 9.66. The van der Waals surface area contributed by atoms with Gasteiger partial charge in [-0.25, -0.2) is 9.78 Å². The Labute approximate surface area is 114 Å². The molecule has 2 aromatic rings. The molecule has 0 unspecified atom stereocenters. The Morgan fingerprint density at radius 1 is 1.25 bits per heavy atom. The lowest BCUT2D eigenvalue weighted by Crippen LogP contribution is -2.15. The number of carbonyl (C=O) groups is 1. The fraction of sp³-hybridized carbons (Fsp3) is 0.0769. The molecular weight excluding hydrogens is 262 g/mol. The zero-order chi connectivity index (χ0) is 14.4. The molecule has 0 bridgehead atoms. The first kappa shape index (κ1) is 13.5. The van der Waals surface area contributed by atoms with Crippen molar-refractivity contribution in [2.24, 2.45) is 0 Å². The lowest BCUT2D eigenvalue weighted by Gasteiger charge is -2.06. The van der Waals surface area contributed by atoms with Gasteiger partial charge in [0, 0.05) is 12.3 Å². The van der Waals surface area contributed by atoms with Gasteiger partial charge in [0.15, 0.2) is 0 Å². The van der Waals surface area contributed by atoms with E-state index in [4.69, 9.17) is 4.74 Å². The Morgan fingerprint density at radius 2 is 2.00 bits per heavy atom. The smallest absolute Gasteiger partial charge is 0.413 e. The van der Waals surface area contributed by atoms with Crippen molar-refractivity contribution in [1.29, 1.82) is 0 Å². The van der Waals surface area contributed by atoms with Gasteiger partial charge in [-0.3, -0.25) is 15.4 Å². The lowest BCUT2D eigenvalue weighted by molar-refractivity contribution is -0.384. The summed E-state index contributed by atoms with van der Waals surface area (Å²) in [5.74, 6) is -0.143. The number of nitrogens with one attached hydrogen (secondary N) is 1.